The van der Waals surface area contributed by atoms with Gasteiger partial charge >= 0.3 is 0 Å². The molecule has 1 spiro atoms. The zero-order chi connectivity index (χ0) is 13.5. The minimum absolute atomic E-state index is 0.0341. The highest BCUT2D eigenvalue weighted by Gasteiger charge is 2.47. The van der Waals surface area contributed by atoms with Crippen LogP contribution < -0.4 is 10.1 Å². The van der Waals surface area contributed by atoms with Crippen molar-refractivity contribution in [3.8, 4) is 5.75 Å². The van der Waals surface area contributed by atoms with Crippen LogP contribution in [0.25, 0.3) is 0 Å². The van der Waals surface area contributed by atoms with Crippen LogP contribution >= 0.6 is 0 Å². The van der Waals surface area contributed by atoms with Crippen molar-refractivity contribution >= 4 is 11.6 Å². The molecule has 5 nitrogen and oxygen atoms in total. The number of benzene rings is 1. The third-order valence-corrected chi connectivity index (χ3v) is 3.92. The number of ether oxygens (including phenoxy) is 1. The van der Waals surface area contributed by atoms with Crippen molar-refractivity contribution in [2.24, 2.45) is 4.99 Å². The predicted molar refractivity (Wildman–Crippen MR) is 72.5 cm³/mol. The van der Waals surface area contributed by atoms with Gasteiger partial charge in [0.1, 0.15) is 17.1 Å². The summed E-state index contributed by atoms with van der Waals surface area (Å²) in [4.78, 5) is 18.9. The topological polar surface area (TPSA) is 53.9 Å². The second-order valence-electron chi connectivity index (χ2n) is 4.93. The number of hydrogen-bond acceptors (Lipinski definition) is 4. The van der Waals surface area contributed by atoms with E-state index in [9.17, 15) is 4.79 Å². The molecule has 1 atom stereocenters. The van der Waals surface area contributed by atoms with Gasteiger partial charge in [-0.2, -0.15) is 0 Å². The first-order valence-electron chi connectivity index (χ1n) is 6.40. The second kappa shape index (κ2) is 4.35. The summed E-state index contributed by atoms with van der Waals surface area (Å²) in [6.07, 6.45) is 0.855. The van der Waals surface area contributed by atoms with Gasteiger partial charge in [-0.25, -0.2) is 4.99 Å². The molecule has 3 rings (SSSR count). The van der Waals surface area contributed by atoms with E-state index >= 15 is 0 Å². The first-order valence-corrected chi connectivity index (χ1v) is 6.40. The summed E-state index contributed by atoms with van der Waals surface area (Å²) < 4.78 is 5.33. The zero-order valence-electron chi connectivity index (χ0n) is 11.1. The molecule has 1 saturated heterocycles. The molecular formula is C14H17N3O2. The molecule has 0 bridgehead atoms. The number of nitrogens with one attached hydrogen (secondary N) is 1. The number of amides is 1. The second-order valence-corrected chi connectivity index (χ2v) is 4.93. The Morgan fingerprint density at radius 1 is 1.42 bits per heavy atom. The quantitative estimate of drug-likeness (QED) is 0.848. The lowest BCUT2D eigenvalue weighted by Crippen LogP contribution is -2.45. The molecule has 2 aliphatic heterocycles. The van der Waals surface area contributed by atoms with Gasteiger partial charge in [-0.05, 0) is 18.7 Å². The number of nitrogens with zero attached hydrogens (tertiary/aromatic N) is 2. The van der Waals surface area contributed by atoms with E-state index in [4.69, 9.17) is 9.73 Å². The van der Waals surface area contributed by atoms with E-state index in [2.05, 4.69) is 5.32 Å². The van der Waals surface area contributed by atoms with Crippen molar-refractivity contribution in [1.29, 1.82) is 0 Å². The standard InChI is InChI=1S/C14H17N3O2/c1-17-13(18)12(16-14(17)7-8-15-9-14)10-5-3-4-6-11(10)19-2/h3-6,15H,7-9H2,1-2H3/t14-/m1/s1. The molecule has 0 radical (unpaired) electrons. The number of hydrogen-bond donors (Lipinski definition) is 1. The molecule has 2 heterocycles. The molecule has 1 aromatic carbocycles. The summed E-state index contributed by atoms with van der Waals surface area (Å²) in [5.41, 5.74) is 0.863. The van der Waals surface area contributed by atoms with Crippen LogP contribution in [0.3, 0.4) is 0 Å². The van der Waals surface area contributed by atoms with Crippen LogP contribution in [0.5, 0.6) is 5.75 Å². The van der Waals surface area contributed by atoms with Gasteiger partial charge in [-0.15, -0.1) is 0 Å². The van der Waals surface area contributed by atoms with Crippen LogP contribution in [-0.2, 0) is 4.79 Å². The normalized spacial score (nSPS) is 26.1. The molecule has 1 aromatic rings. The molecule has 5 heteroatoms. The van der Waals surface area contributed by atoms with Crippen LogP contribution in [0.1, 0.15) is 12.0 Å². The summed E-state index contributed by atoms with van der Waals surface area (Å²) in [7, 11) is 3.43. The maximum atomic E-state index is 12.4. The number of carbonyl (C=O) groups excluding carboxylic acids is 1. The van der Waals surface area contributed by atoms with Gasteiger partial charge in [0.15, 0.2) is 0 Å². The van der Waals surface area contributed by atoms with Gasteiger partial charge in [0, 0.05) is 25.6 Å². The Bertz CT molecular complexity index is 547. The maximum absolute atomic E-state index is 12.4. The number of methoxy groups -OCH3 is 1. The molecular weight excluding hydrogens is 242 g/mol. The molecule has 0 aliphatic carbocycles. The van der Waals surface area contributed by atoms with Crippen LogP contribution in [0.2, 0.25) is 0 Å². The number of carbonyl (C=O) groups is 1. The Labute approximate surface area is 112 Å². The lowest BCUT2D eigenvalue weighted by Gasteiger charge is -2.28. The zero-order valence-corrected chi connectivity index (χ0v) is 11.1. The summed E-state index contributed by atoms with van der Waals surface area (Å²) in [6.45, 7) is 1.61. The molecule has 2 aliphatic rings. The average molecular weight is 259 g/mol. The van der Waals surface area contributed by atoms with Crippen molar-refractivity contribution in [3.63, 3.8) is 0 Å². The fraction of sp³-hybridized carbons (Fsp3) is 0.429. The van der Waals surface area contributed by atoms with Gasteiger partial charge in [-0.1, -0.05) is 12.1 Å². The number of para-hydroxylation sites is 1. The summed E-state index contributed by atoms with van der Waals surface area (Å²) in [5, 5.41) is 3.27. The largest absolute Gasteiger partial charge is 0.496 e. The van der Waals surface area contributed by atoms with Gasteiger partial charge in [0.25, 0.3) is 5.91 Å². The highest BCUT2D eigenvalue weighted by molar-refractivity contribution is 6.47. The Morgan fingerprint density at radius 3 is 2.89 bits per heavy atom. The van der Waals surface area contributed by atoms with Gasteiger partial charge < -0.3 is 15.0 Å². The minimum atomic E-state index is -0.409. The number of rotatable bonds is 2. The molecule has 0 saturated carbocycles. The number of likely N-dealkylation sites (N-methyl/N-ethyl adjacent to an activating group) is 1. The molecule has 0 unspecified atom stereocenters. The highest BCUT2D eigenvalue weighted by Crippen LogP contribution is 2.32. The average Bonchev–Trinajstić information content (AvgIpc) is 3.01. The number of aliphatic imine (C=N–C) groups is 1. The Kier molecular flexibility index (Phi) is 2.78. The molecule has 1 N–H and O–H groups in total. The van der Waals surface area contributed by atoms with Crippen LogP contribution in [0, 0.1) is 0 Å². The van der Waals surface area contributed by atoms with E-state index in [1.54, 1.807) is 12.0 Å². The molecule has 0 aromatic heterocycles. The molecule has 100 valence electrons. The summed E-state index contributed by atoms with van der Waals surface area (Å²) in [5.74, 6) is 0.652. The van der Waals surface area contributed by atoms with Crippen molar-refractivity contribution in [3.05, 3.63) is 29.8 Å². The van der Waals surface area contributed by atoms with Crippen LogP contribution in [0.15, 0.2) is 29.3 Å². The van der Waals surface area contributed by atoms with E-state index in [-0.39, 0.29) is 5.91 Å². The Balaban J connectivity index is 2.07. The third-order valence-electron chi connectivity index (χ3n) is 3.92. The predicted octanol–water partition coefficient (Wildman–Crippen LogP) is 0.646. The SMILES string of the molecule is COc1ccccc1C1=N[C@]2(CCNC2)N(C)C1=O. The van der Waals surface area contributed by atoms with Gasteiger partial charge in [0.2, 0.25) is 0 Å². The minimum Gasteiger partial charge on any atom is -0.496 e. The van der Waals surface area contributed by atoms with Crippen molar-refractivity contribution in [2.75, 3.05) is 27.2 Å². The van der Waals surface area contributed by atoms with Crippen molar-refractivity contribution in [1.82, 2.24) is 10.2 Å². The molecule has 1 amide bonds. The van der Waals surface area contributed by atoms with E-state index in [1.165, 1.54) is 0 Å². The van der Waals surface area contributed by atoms with E-state index in [0.29, 0.717) is 18.0 Å². The summed E-state index contributed by atoms with van der Waals surface area (Å²) in [6, 6.07) is 7.51. The van der Waals surface area contributed by atoms with Gasteiger partial charge in [-0.3, -0.25) is 4.79 Å². The lowest BCUT2D eigenvalue weighted by atomic mass is 10.1. The maximum Gasteiger partial charge on any atom is 0.274 e. The fourth-order valence-electron chi connectivity index (χ4n) is 2.74. The first kappa shape index (κ1) is 12.2. The van der Waals surface area contributed by atoms with Crippen molar-refractivity contribution < 1.29 is 9.53 Å². The van der Waals surface area contributed by atoms with E-state index < -0.39 is 5.66 Å². The fourth-order valence-corrected chi connectivity index (χ4v) is 2.74. The molecule has 19 heavy (non-hydrogen) atoms. The smallest absolute Gasteiger partial charge is 0.274 e. The van der Waals surface area contributed by atoms with Crippen LogP contribution in [-0.4, -0.2) is 49.4 Å². The van der Waals surface area contributed by atoms with E-state index in [1.807, 2.05) is 31.3 Å². The van der Waals surface area contributed by atoms with E-state index in [0.717, 1.165) is 18.5 Å². The summed E-state index contributed by atoms with van der Waals surface area (Å²) >= 11 is 0. The highest BCUT2D eigenvalue weighted by atomic mass is 16.5. The molecule has 1 fully saturated rings. The lowest BCUT2D eigenvalue weighted by molar-refractivity contribution is -0.125. The Morgan fingerprint density at radius 2 is 2.21 bits per heavy atom. The van der Waals surface area contributed by atoms with Crippen LogP contribution in [0.4, 0.5) is 0 Å². The van der Waals surface area contributed by atoms with Crippen molar-refractivity contribution in [2.45, 2.75) is 12.1 Å². The third kappa shape index (κ3) is 1.73. The Hall–Kier alpha value is -1.88. The monoisotopic (exact) mass is 259 g/mol. The first-order chi connectivity index (χ1) is 9.18. The van der Waals surface area contributed by atoms with Gasteiger partial charge in [0.05, 0.1) is 7.11 Å².